The molecule has 0 aliphatic carbocycles. The van der Waals surface area contributed by atoms with Crippen LogP contribution in [-0.4, -0.2) is 24.1 Å². The van der Waals surface area contributed by atoms with E-state index < -0.39 is 12.0 Å². The highest BCUT2D eigenvalue weighted by molar-refractivity contribution is 5.85. The Morgan fingerprint density at radius 2 is 2.05 bits per heavy atom. The second-order valence-corrected chi connectivity index (χ2v) is 3.87. The molecule has 2 N–H and O–H groups in total. The Balaban J connectivity index is 0.00000162. The first-order chi connectivity index (χ1) is 8.20. The maximum Gasteiger partial charge on any atom is 0.322 e. The highest BCUT2D eigenvalue weighted by Crippen LogP contribution is 2.13. The second kappa shape index (κ2) is 7.94. The number of ether oxygens (including phenoxy) is 1. The van der Waals surface area contributed by atoms with Crippen molar-refractivity contribution in [3.63, 3.8) is 0 Å². The molecule has 6 heteroatoms. The molecular formula is C13H16Cl2N2O2. The van der Waals surface area contributed by atoms with Crippen LogP contribution in [0.4, 0.5) is 0 Å². The minimum Gasteiger partial charge on any atom is -0.468 e. The molecule has 1 aromatic heterocycles. The van der Waals surface area contributed by atoms with Crippen LogP contribution in [0.2, 0.25) is 0 Å². The van der Waals surface area contributed by atoms with Gasteiger partial charge in [0.2, 0.25) is 0 Å². The smallest absolute Gasteiger partial charge is 0.322 e. The Labute approximate surface area is 124 Å². The maximum atomic E-state index is 11.2. The number of esters is 1. The van der Waals surface area contributed by atoms with Crippen LogP contribution >= 0.6 is 24.8 Å². The van der Waals surface area contributed by atoms with Gasteiger partial charge in [-0.05, 0) is 24.1 Å². The molecule has 1 unspecified atom stereocenters. The van der Waals surface area contributed by atoms with Crippen LogP contribution in [0.1, 0.15) is 5.56 Å². The number of carbonyl (C=O) groups excluding carboxylic acids is 1. The lowest BCUT2D eigenvalue weighted by atomic mass is 10.1. The quantitative estimate of drug-likeness (QED) is 0.882. The zero-order valence-electron chi connectivity index (χ0n) is 10.4. The van der Waals surface area contributed by atoms with Gasteiger partial charge >= 0.3 is 5.97 Å². The fraction of sp³-hybridized carbons (Fsp3) is 0.231. The number of fused-ring (bicyclic) bond motifs is 1. The molecule has 4 nitrogen and oxygen atoms in total. The fourth-order valence-corrected chi connectivity index (χ4v) is 1.72. The van der Waals surface area contributed by atoms with E-state index in [0.29, 0.717) is 6.42 Å². The maximum absolute atomic E-state index is 11.2. The van der Waals surface area contributed by atoms with Crippen LogP contribution in [0.25, 0.3) is 10.9 Å². The number of aromatic nitrogens is 1. The number of nitrogens with zero attached hydrogens (tertiary/aromatic N) is 1. The molecule has 0 amide bonds. The molecule has 0 fully saturated rings. The molecule has 0 saturated heterocycles. The first-order valence-electron chi connectivity index (χ1n) is 5.38. The number of halogens is 2. The molecule has 0 aliphatic rings. The average Bonchev–Trinajstić information content (AvgIpc) is 2.37. The molecule has 104 valence electrons. The summed E-state index contributed by atoms with van der Waals surface area (Å²) >= 11 is 0. The van der Waals surface area contributed by atoms with Gasteiger partial charge in [-0.1, -0.05) is 18.2 Å². The molecule has 19 heavy (non-hydrogen) atoms. The van der Waals surface area contributed by atoms with Gasteiger partial charge in [0.05, 0.1) is 12.6 Å². The second-order valence-electron chi connectivity index (χ2n) is 3.87. The number of rotatable bonds is 3. The first kappa shape index (κ1) is 17.6. The summed E-state index contributed by atoms with van der Waals surface area (Å²) in [7, 11) is 1.33. The lowest BCUT2D eigenvalue weighted by Crippen LogP contribution is -2.33. The molecule has 0 radical (unpaired) electrons. The van der Waals surface area contributed by atoms with E-state index in [1.54, 1.807) is 6.20 Å². The summed E-state index contributed by atoms with van der Waals surface area (Å²) < 4.78 is 4.59. The Kier molecular flexibility index (Phi) is 7.37. The van der Waals surface area contributed by atoms with Gasteiger partial charge in [0.1, 0.15) is 6.04 Å². The molecule has 1 atom stereocenters. The van der Waals surface area contributed by atoms with Crippen LogP contribution in [0.15, 0.2) is 36.5 Å². The number of nitrogens with two attached hydrogens (primary N) is 1. The molecule has 0 aliphatic heterocycles. The van der Waals surface area contributed by atoms with Crippen molar-refractivity contribution in [2.45, 2.75) is 12.5 Å². The normalized spacial score (nSPS) is 11.1. The van der Waals surface area contributed by atoms with Crippen LogP contribution in [0.5, 0.6) is 0 Å². The SMILES string of the molecule is COC(=O)C(N)Cc1cnc2ccccc2c1.Cl.Cl. The zero-order valence-corrected chi connectivity index (χ0v) is 12.0. The molecule has 2 aromatic rings. The van der Waals surface area contributed by atoms with Gasteiger partial charge in [0, 0.05) is 11.6 Å². The number of methoxy groups -OCH3 is 1. The van der Waals surface area contributed by atoms with Gasteiger partial charge in [-0.25, -0.2) is 0 Å². The summed E-state index contributed by atoms with van der Waals surface area (Å²) in [5.41, 5.74) is 7.57. The van der Waals surface area contributed by atoms with Gasteiger partial charge in [-0.3, -0.25) is 9.78 Å². The third-order valence-corrected chi connectivity index (χ3v) is 2.61. The van der Waals surface area contributed by atoms with Gasteiger partial charge in [-0.2, -0.15) is 0 Å². The van der Waals surface area contributed by atoms with E-state index in [0.717, 1.165) is 16.5 Å². The average molecular weight is 303 g/mol. The number of pyridine rings is 1. The number of carbonyl (C=O) groups is 1. The Bertz CT molecular complexity index is 549. The minimum atomic E-state index is -0.636. The zero-order chi connectivity index (χ0) is 12.3. The lowest BCUT2D eigenvalue weighted by Gasteiger charge is -2.09. The predicted molar refractivity (Wildman–Crippen MR) is 79.9 cm³/mol. The van der Waals surface area contributed by atoms with E-state index in [4.69, 9.17) is 5.73 Å². The number of hydrogen-bond donors (Lipinski definition) is 1. The van der Waals surface area contributed by atoms with E-state index >= 15 is 0 Å². The molecule has 1 heterocycles. The van der Waals surface area contributed by atoms with Gasteiger partial charge in [0.25, 0.3) is 0 Å². The van der Waals surface area contributed by atoms with Crippen molar-refractivity contribution in [3.8, 4) is 0 Å². The summed E-state index contributed by atoms with van der Waals surface area (Å²) in [5, 5.41) is 1.04. The standard InChI is InChI=1S/C13H14N2O2.2ClH/c1-17-13(16)11(14)7-9-6-10-4-2-3-5-12(10)15-8-9;;/h2-6,8,11H,7,14H2,1H3;2*1H. The lowest BCUT2D eigenvalue weighted by molar-refractivity contribution is -0.142. The van der Waals surface area contributed by atoms with E-state index in [1.165, 1.54) is 7.11 Å². The topological polar surface area (TPSA) is 65.2 Å². The van der Waals surface area contributed by atoms with E-state index in [-0.39, 0.29) is 24.8 Å². The van der Waals surface area contributed by atoms with Crippen LogP contribution in [0.3, 0.4) is 0 Å². The summed E-state index contributed by atoms with van der Waals surface area (Å²) in [4.78, 5) is 15.5. The first-order valence-corrected chi connectivity index (χ1v) is 5.38. The van der Waals surface area contributed by atoms with E-state index in [2.05, 4.69) is 9.72 Å². The molecule has 0 bridgehead atoms. The van der Waals surface area contributed by atoms with Crippen LogP contribution in [-0.2, 0) is 16.0 Å². The monoisotopic (exact) mass is 302 g/mol. The number of benzene rings is 1. The number of hydrogen-bond acceptors (Lipinski definition) is 4. The summed E-state index contributed by atoms with van der Waals surface area (Å²) in [6, 6.07) is 9.17. The Hall–Kier alpha value is -1.36. The van der Waals surface area contributed by atoms with E-state index in [1.807, 2.05) is 30.3 Å². The highest BCUT2D eigenvalue weighted by atomic mass is 35.5. The van der Waals surface area contributed by atoms with Gasteiger partial charge in [-0.15, -0.1) is 24.8 Å². The van der Waals surface area contributed by atoms with Crippen molar-refractivity contribution in [2.75, 3.05) is 7.11 Å². The van der Waals surface area contributed by atoms with Crippen molar-refractivity contribution in [1.29, 1.82) is 0 Å². The Morgan fingerprint density at radius 3 is 2.74 bits per heavy atom. The predicted octanol–water partition coefficient (Wildman–Crippen LogP) is 2.12. The summed E-state index contributed by atoms with van der Waals surface area (Å²) in [5.74, 6) is -0.404. The van der Waals surface area contributed by atoms with E-state index in [9.17, 15) is 4.79 Å². The third-order valence-electron chi connectivity index (χ3n) is 2.61. The minimum absolute atomic E-state index is 0. The van der Waals surface area contributed by atoms with Crippen molar-refractivity contribution in [3.05, 3.63) is 42.1 Å². The van der Waals surface area contributed by atoms with Crippen molar-refractivity contribution in [2.24, 2.45) is 5.73 Å². The Morgan fingerprint density at radius 1 is 1.37 bits per heavy atom. The molecule has 0 spiro atoms. The molecule has 0 saturated carbocycles. The van der Waals surface area contributed by atoms with Gasteiger partial charge in [0.15, 0.2) is 0 Å². The summed E-state index contributed by atoms with van der Waals surface area (Å²) in [6.07, 6.45) is 2.18. The summed E-state index contributed by atoms with van der Waals surface area (Å²) in [6.45, 7) is 0. The molecule has 2 rings (SSSR count). The van der Waals surface area contributed by atoms with Crippen molar-refractivity contribution in [1.82, 2.24) is 4.98 Å². The highest BCUT2D eigenvalue weighted by Gasteiger charge is 2.14. The fourth-order valence-electron chi connectivity index (χ4n) is 1.72. The largest absolute Gasteiger partial charge is 0.468 e. The number of para-hydroxylation sites is 1. The van der Waals surface area contributed by atoms with Crippen molar-refractivity contribution >= 4 is 41.7 Å². The molecular weight excluding hydrogens is 287 g/mol. The molecule has 1 aromatic carbocycles. The van der Waals surface area contributed by atoms with Crippen LogP contribution in [0, 0.1) is 0 Å². The van der Waals surface area contributed by atoms with Crippen LogP contribution < -0.4 is 5.73 Å². The third kappa shape index (κ3) is 4.35. The van der Waals surface area contributed by atoms with Crippen molar-refractivity contribution < 1.29 is 9.53 Å². The van der Waals surface area contributed by atoms with Gasteiger partial charge < -0.3 is 10.5 Å².